The van der Waals surface area contributed by atoms with E-state index in [1.165, 1.54) is 12.1 Å². The fraction of sp³-hybridized carbons (Fsp3) is 0.154. The van der Waals surface area contributed by atoms with E-state index < -0.39 is 10.8 Å². The number of carbonyl (C=O) groups is 1. The van der Waals surface area contributed by atoms with E-state index in [-0.39, 0.29) is 11.4 Å². The Morgan fingerprint density at radius 1 is 1.24 bits per heavy atom. The number of nitrogens with zero attached hydrogens (tertiary/aromatic N) is 3. The van der Waals surface area contributed by atoms with Gasteiger partial charge < -0.3 is 10.6 Å². The SMILES string of the molecule is CNc1ccc(C(=O)Nc2ccc(C)c([N+](=O)[O-])c2)nn1. The molecule has 0 aliphatic heterocycles. The molecule has 0 atom stereocenters. The Labute approximate surface area is 120 Å². The van der Waals surface area contributed by atoms with Crippen LogP contribution in [0.15, 0.2) is 30.3 Å². The van der Waals surface area contributed by atoms with Crippen molar-refractivity contribution in [2.75, 3.05) is 17.7 Å². The summed E-state index contributed by atoms with van der Waals surface area (Å²) in [6.45, 7) is 1.63. The molecule has 0 spiro atoms. The monoisotopic (exact) mass is 287 g/mol. The maximum Gasteiger partial charge on any atom is 0.276 e. The molecule has 0 saturated heterocycles. The average Bonchev–Trinajstić information content (AvgIpc) is 2.49. The highest BCUT2D eigenvalue weighted by Gasteiger charge is 2.14. The van der Waals surface area contributed by atoms with Crippen LogP contribution in [0.1, 0.15) is 16.1 Å². The number of rotatable bonds is 4. The topological polar surface area (TPSA) is 110 Å². The predicted molar refractivity (Wildman–Crippen MR) is 77.4 cm³/mol. The second-order valence-electron chi connectivity index (χ2n) is 4.27. The van der Waals surface area contributed by atoms with Gasteiger partial charge in [0.15, 0.2) is 5.69 Å². The first-order valence-electron chi connectivity index (χ1n) is 6.09. The number of carbonyl (C=O) groups excluding carboxylic acids is 1. The number of aryl methyl sites for hydroxylation is 1. The lowest BCUT2D eigenvalue weighted by molar-refractivity contribution is -0.385. The third-order valence-corrected chi connectivity index (χ3v) is 2.82. The molecule has 0 saturated carbocycles. The lowest BCUT2D eigenvalue weighted by Gasteiger charge is -2.06. The van der Waals surface area contributed by atoms with Gasteiger partial charge in [0, 0.05) is 24.4 Å². The molecule has 0 unspecified atom stereocenters. The van der Waals surface area contributed by atoms with E-state index in [2.05, 4.69) is 20.8 Å². The van der Waals surface area contributed by atoms with Crippen molar-refractivity contribution >= 4 is 23.1 Å². The Morgan fingerprint density at radius 3 is 2.57 bits per heavy atom. The van der Waals surface area contributed by atoms with Crippen molar-refractivity contribution < 1.29 is 9.72 Å². The van der Waals surface area contributed by atoms with E-state index in [4.69, 9.17) is 0 Å². The summed E-state index contributed by atoms with van der Waals surface area (Å²) in [5.74, 6) is 0.0563. The maximum absolute atomic E-state index is 12.0. The fourth-order valence-corrected chi connectivity index (χ4v) is 1.67. The summed E-state index contributed by atoms with van der Waals surface area (Å²) in [6.07, 6.45) is 0. The quantitative estimate of drug-likeness (QED) is 0.657. The highest BCUT2D eigenvalue weighted by molar-refractivity contribution is 6.03. The highest BCUT2D eigenvalue weighted by Crippen LogP contribution is 2.22. The Hall–Kier alpha value is -3.03. The lowest BCUT2D eigenvalue weighted by Crippen LogP contribution is -2.14. The van der Waals surface area contributed by atoms with E-state index in [1.54, 1.807) is 32.2 Å². The number of nitro groups is 1. The normalized spacial score (nSPS) is 10.0. The van der Waals surface area contributed by atoms with E-state index in [0.717, 1.165) is 0 Å². The van der Waals surface area contributed by atoms with Crippen LogP contribution in [0.3, 0.4) is 0 Å². The molecule has 0 aliphatic carbocycles. The van der Waals surface area contributed by atoms with Crippen LogP contribution in [0.25, 0.3) is 0 Å². The van der Waals surface area contributed by atoms with Crippen molar-refractivity contribution in [1.29, 1.82) is 0 Å². The molecule has 1 amide bonds. The van der Waals surface area contributed by atoms with Crippen molar-refractivity contribution in [2.45, 2.75) is 6.92 Å². The number of hydrogen-bond donors (Lipinski definition) is 2. The third kappa shape index (κ3) is 3.30. The van der Waals surface area contributed by atoms with Crippen LogP contribution in [0, 0.1) is 17.0 Å². The number of amides is 1. The number of anilines is 2. The molecule has 2 rings (SSSR count). The largest absolute Gasteiger partial charge is 0.372 e. The molecule has 0 aliphatic rings. The Morgan fingerprint density at radius 2 is 2.00 bits per heavy atom. The van der Waals surface area contributed by atoms with Crippen LogP contribution in [0.4, 0.5) is 17.2 Å². The average molecular weight is 287 g/mol. The van der Waals surface area contributed by atoms with E-state index in [0.29, 0.717) is 17.1 Å². The van der Waals surface area contributed by atoms with Crippen molar-refractivity contribution in [2.24, 2.45) is 0 Å². The molecule has 1 aromatic carbocycles. The summed E-state index contributed by atoms with van der Waals surface area (Å²) in [5.41, 5.74) is 0.926. The van der Waals surface area contributed by atoms with Crippen molar-refractivity contribution in [1.82, 2.24) is 10.2 Å². The van der Waals surface area contributed by atoms with Gasteiger partial charge in [0.1, 0.15) is 5.82 Å². The minimum Gasteiger partial charge on any atom is -0.372 e. The van der Waals surface area contributed by atoms with Gasteiger partial charge in [-0.2, -0.15) is 0 Å². The van der Waals surface area contributed by atoms with Gasteiger partial charge in [-0.15, -0.1) is 10.2 Å². The molecule has 8 nitrogen and oxygen atoms in total. The third-order valence-electron chi connectivity index (χ3n) is 2.82. The number of nitrogens with one attached hydrogen (secondary N) is 2. The van der Waals surface area contributed by atoms with Crippen LogP contribution in [0.2, 0.25) is 0 Å². The van der Waals surface area contributed by atoms with Crippen molar-refractivity contribution in [3.05, 3.63) is 51.7 Å². The predicted octanol–water partition coefficient (Wildman–Crippen LogP) is 1.99. The zero-order valence-electron chi connectivity index (χ0n) is 11.5. The zero-order valence-corrected chi connectivity index (χ0v) is 11.5. The summed E-state index contributed by atoms with van der Waals surface area (Å²) in [5, 5.41) is 23.8. The standard InChI is InChI=1S/C13H13N5O3/c1-8-3-4-9(7-11(8)18(20)21)15-13(19)10-5-6-12(14-2)17-16-10/h3-7H,1-2H3,(H,14,17)(H,15,19). The second-order valence-corrected chi connectivity index (χ2v) is 4.27. The van der Waals surface area contributed by atoms with Gasteiger partial charge in [-0.1, -0.05) is 6.07 Å². The van der Waals surface area contributed by atoms with E-state index in [9.17, 15) is 14.9 Å². The Bertz CT molecular complexity index is 685. The molecule has 0 fully saturated rings. The second kappa shape index (κ2) is 5.95. The molecule has 0 radical (unpaired) electrons. The minimum atomic E-state index is -0.494. The lowest BCUT2D eigenvalue weighted by atomic mass is 10.2. The summed E-state index contributed by atoms with van der Waals surface area (Å²) in [4.78, 5) is 22.3. The first-order valence-corrected chi connectivity index (χ1v) is 6.09. The van der Waals surface area contributed by atoms with Crippen molar-refractivity contribution in [3.63, 3.8) is 0 Å². The van der Waals surface area contributed by atoms with Gasteiger partial charge in [0.25, 0.3) is 11.6 Å². The molecule has 21 heavy (non-hydrogen) atoms. The minimum absolute atomic E-state index is 0.0515. The van der Waals surface area contributed by atoms with Crippen molar-refractivity contribution in [3.8, 4) is 0 Å². The first kappa shape index (κ1) is 14.4. The van der Waals surface area contributed by atoms with Gasteiger partial charge in [0.2, 0.25) is 0 Å². The molecule has 1 aromatic heterocycles. The van der Waals surface area contributed by atoms with Crippen LogP contribution in [-0.2, 0) is 0 Å². The van der Waals surface area contributed by atoms with Gasteiger partial charge in [-0.25, -0.2) is 0 Å². The molecular weight excluding hydrogens is 274 g/mol. The number of benzene rings is 1. The van der Waals surface area contributed by atoms with E-state index in [1.807, 2.05) is 0 Å². The number of nitro benzene ring substituents is 1. The van der Waals surface area contributed by atoms with Crippen LogP contribution >= 0.6 is 0 Å². The fourth-order valence-electron chi connectivity index (χ4n) is 1.67. The smallest absolute Gasteiger partial charge is 0.276 e. The first-order chi connectivity index (χ1) is 10.0. The van der Waals surface area contributed by atoms with Crippen LogP contribution in [-0.4, -0.2) is 28.1 Å². The molecule has 2 N–H and O–H groups in total. The summed E-state index contributed by atoms with van der Waals surface area (Å²) in [6, 6.07) is 7.60. The Kier molecular flexibility index (Phi) is 4.07. The van der Waals surface area contributed by atoms with Gasteiger partial charge >= 0.3 is 0 Å². The van der Waals surface area contributed by atoms with Crippen LogP contribution < -0.4 is 10.6 Å². The van der Waals surface area contributed by atoms with Gasteiger partial charge in [0.05, 0.1) is 4.92 Å². The number of aromatic nitrogens is 2. The van der Waals surface area contributed by atoms with Gasteiger partial charge in [-0.05, 0) is 25.1 Å². The molecule has 108 valence electrons. The molecule has 1 heterocycles. The maximum atomic E-state index is 12.0. The van der Waals surface area contributed by atoms with Gasteiger partial charge in [-0.3, -0.25) is 14.9 Å². The summed E-state index contributed by atoms with van der Waals surface area (Å²) >= 11 is 0. The summed E-state index contributed by atoms with van der Waals surface area (Å²) in [7, 11) is 1.69. The molecule has 0 bridgehead atoms. The van der Waals surface area contributed by atoms with Crippen LogP contribution in [0.5, 0.6) is 0 Å². The number of hydrogen-bond acceptors (Lipinski definition) is 6. The zero-order chi connectivity index (χ0) is 15.4. The molecule has 2 aromatic rings. The van der Waals surface area contributed by atoms with E-state index >= 15 is 0 Å². The summed E-state index contributed by atoms with van der Waals surface area (Å²) < 4.78 is 0. The molecular formula is C13H13N5O3. The Balaban J connectivity index is 2.19. The molecule has 8 heteroatoms. The highest BCUT2D eigenvalue weighted by atomic mass is 16.6.